The SMILES string of the molecule is Cc1cc(C(=O)Nc2ccccc2-c2nc(-c3ccccc3)n[nH]2)c(C)n1-c1ccccn1. The van der Waals surface area contributed by atoms with Crippen LogP contribution in [0.3, 0.4) is 0 Å². The number of rotatable bonds is 5. The molecule has 7 nitrogen and oxygen atoms in total. The second kappa shape index (κ2) is 8.55. The smallest absolute Gasteiger partial charge is 0.257 e. The monoisotopic (exact) mass is 434 g/mol. The fraction of sp³-hybridized carbons (Fsp3) is 0.0769. The summed E-state index contributed by atoms with van der Waals surface area (Å²) in [6, 6.07) is 24.9. The van der Waals surface area contributed by atoms with Gasteiger partial charge in [-0.3, -0.25) is 9.89 Å². The van der Waals surface area contributed by atoms with Crippen molar-refractivity contribution in [2.24, 2.45) is 0 Å². The first-order valence-corrected chi connectivity index (χ1v) is 10.6. The number of hydrogen-bond acceptors (Lipinski definition) is 4. The van der Waals surface area contributed by atoms with E-state index in [2.05, 4.69) is 25.5 Å². The highest BCUT2D eigenvalue weighted by Gasteiger charge is 2.19. The molecular formula is C26H22N6O. The van der Waals surface area contributed by atoms with Crippen molar-refractivity contribution in [3.05, 3.63) is 102 Å². The van der Waals surface area contributed by atoms with Gasteiger partial charge in [0, 0.05) is 28.7 Å². The number of carbonyl (C=O) groups excluding carboxylic acids is 1. The summed E-state index contributed by atoms with van der Waals surface area (Å²) < 4.78 is 1.98. The van der Waals surface area contributed by atoms with Gasteiger partial charge < -0.3 is 9.88 Å². The summed E-state index contributed by atoms with van der Waals surface area (Å²) in [5, 5.41) is 10.4. The molecule has 1 amide bonds. The summed E-state index contributed by atoms with van der Waals surface area (Å²) in [5.41, 5.74) is 4.69. The van der Waals surface area contributed by atoms with Crippen LogP contribution in [0.1, 0.15) is 21.7 Å². The molecule has 0 aliphatic carbocycles. The van der Waals surface area contributed by atoms with Gasteiger partial charge in [0.25, 0.3) is 5.91 Å². The van der Waals surface area contributed by atoms with Gasteiger partial charge in [-0.1, -0.05) is 48.5 Å². The zero-order chi connectivity index (χ0) is 22.8. The van der Waals surface area contributed by atoms with E-state index in [1.807, 2.05) is 97.3 Å². The number of benzene rings is 2. The van der Waals surface area contributed by atoms with E-state index in [1.165, 1.54) is 0 Å². The topological polar surface area (TPSA) is 88.5 Å². The summed E-state index contributed by atoms with van der Waals surface area (Å²) in [6.45, 7) is 3.89. The third-order valence-electron chi connectivity index (χ3n) is 5.50. The van der Waals surface area contributed by atoms with Crippen LogP contribution in [0, 0.1) is 13.8 Å². The molecule has 3 heterocycles. The maximum Gasteiger partial charge on any atom is 0.257 e. The van der Waals surface area contributed by atoms with Crippen LogP contribution >= 0.6 is 0 Å². The van der Waals surface area contributed by atoms with Crippen LogP contribution in [-0.4, -0.2) is 30.6 Å². The fourth-order valence-electron chi connectivity index (χ4n) is 3.92. The van der Waals surface area contributed by atoms with Crippen molar-refractivity contribution in [1.29, 1.82) is 0 Å². The Hall–Kier alpha value is -4.52. The lowest BCUT2D eigenvalue weighted by atomic mass is 10.1. The van der Waals surface area contributed by atoms with Gasteiger partial charge in [-0.15, -0.1) is 0 Å². The van der Waals surface area contributed by atoms with E-state index < -0.39 is 0 Å². The third kappa shape index (κ3) is 3.92. The first-order chi connectivity index (χ1) is 16.1. The number of para-hydroxylation sites is 1. The molecule has 7 heteroatoms. The molecule has 3 aromatic heterocycles. The first-order valence-electron chi connectivity index (χ1n) is 10.6. The molecule has 0 bridgehead atoms. The van der Waals surface area contributed by atoms with Crippen LogP contribution in [0.4, 0.5) is 5.69 Å². The number of pyridine rings is 1. The molecule has 0 unspecified atom stereocenters. The van der Waals surface area contributed by atoms with E-state index in [-0.39, 0.29) is 5.91 Å². The predicted molar refractivity (Wildman–Crippen MR) is 128 cm³/mol. The van der Waals surface area contributed by atoms with E-state index in [0.717, 1.165) is 28.3 Å². The van der Waals surface area contributed by atoms with Crippen molar-refractivity contribution in [2.45, 2.75) is 13.8 Å². The Bertz CT molecular complexity index is 1420. The predicted octanol–water partition coefficient (Wildman–Crippen LogP) is 5.19. The number of aromatic nitrogens is 5. The largest absolute Gasteiger partial charge is 0.321 e. The van der Waals surface area contributed by atoms with E-state index in [9.17, 15) is 4.79 Å². The van der Waals surface area contributed by atoms with Crippen LogP contribution < -0.4 is 5.32 Å². The molecule has 0 atom stereocenters. The number of carbonyl (C=O) groups is 1. The summed E-state index contributed by atoms with van der Waals surface area (Å²) in [6.07, 6.45) is 1.74. The molecular weight excluding hydrogens is 412 g/mol. The van der Waals surface area contributed by atoms with E-state index in [4.69, 9.17) is 0 Å². The average molecular weight is 435 g/mol. The standard InChI is InChI=1S/C26H22N6O/c1-17-16-21(18(2)32(17)23-14-8-9-15-27-23)26(33)28-22-13-7-6-12-20(22)25-29-24(30-31-25)19-10-4-3-5-11-19/h3-16H,1-2H3,(H,28,33)(H,29,30,31). The molecule has 0 aliphatic rings. The second-order valence-corrected chi connectivity index (χ2v) is 7.68. The van der Waals surface area contributed by atoms with Crippen molar-refractivity contribution < 1.29 is 4.79 Å². The maximum absolute atomic E-state index is 13.3. The molecule has 2 aromatic carbocycles. The Labute approximate surface area is 191 Å². The maximum atomic E-state index is 13.3. The zero-order valence-corrected chi connectivity index (χ0v) is 18.3. The highest BCUT2D eigenvalue weighted by molar-refractivity contribution is 6.07. The minimum atomic E-state index is -0.194. The lowest BCUT2D eigenvalue weighted by molar-refractivity contribution is 0.102. The van der Waals surface area contributed by atoms with Crippen molar-refractivity contribution in [3.63, 3.8) is 0 Å². The summed E-state index contributed by atoms with van der Waals surface area (Å²) >= 11 is 0. The van der Waals surface area contributed by atoms with Crippen molar-refractivity contribution in [1.82, 2.24) is 24.7 Å². The average Bonchev–Trinajstić information content (AvgIpc) is 3.45. The lowest BCUT2D eigenvalue weighted by Gasteiger charge is -2.10. The molecule has 0 saturated carbocycles. The fourth-order valence-corrected chi connectivity index (χ4v) is 3.92. The molecule has 0 aliphatic heterocycles. The highest BCUT2D eigenvalue weighted by Crippen LogP contribution is 2.28. The van der Waals surface area contributed by atoms with Crippen molar-refractivity contribution in [2.75, 3.05) is 5.32 Å². The minimum absolute atomic E-state index is 0.194. The Morgan fingerprint density at radius 3 is 2.48 bits per heavy atom. The van der Waals surface area contributed by atoms with Crippen LogP contribution in [0.25, 0.3) is 28.6 Å². The van der Waals surface area contributed by atoms with Gasteiger partial charge in [-0.2, -0.15) is 5.10 Å². The van der Waals surface area contributed by atoms with E-state index in [1.54, 1.807) is 6.20 Å². The van der Waals surface area contributed by atoms with Gasteiger partial charge in [0.2, 0.25) is 0 Å². The van der Waals surface area contributed by atoms with E-state index in [0.29, 0.717) is 22.9 Å². The van der Waals surface area contributed by atoms with Crippen molar-refractivity contribution >= 4 is 11.6 Å². The molecule has 0 fully saturated rings. The van der Waals surface area contributed by atoms with Crippen molar-refractivity contribution in [3.8, 4) is 28.6 Å². The zero-order valence-electron chi connectivity index (χ0n) is 18.3. The summed E-state index contributed by atoms with van der Waals surface area (Å²) in [7, 11) is 0. The quantitative estimate of drug-likeness (QED) is 0.398. The van der Waals surface area contributed by atoms with Crippen LogP contribution in [-0.2, 0) is 0 Å². The molecule has 0 radical (unpaired) electrons. The van der Waals surface area contributed by atoms with Gasteiger partial charge in [0.1, 0.15) is 5.82 Å². The minimum Gasteiger partial charge on any atom is -0.321 e. The summed E-state index contributed by atoms with van der Waals surface area (Å²) in [4.78, 5) is 22.3. The van der Waals surface area contributed by atoms with Crippen LogP contribution in [0.15, 0.2) is 85.1 Å². The molecule has 0 saturated heterocycles. The number of nitrogens with zero attached hydrogens (tertiary/aromatic N) is 4. The third-order valence-corrected chi connectivity index (χ3v) is 5.50. The Balaban J connectivity index is 1.45. The number of hydrogen-bond donors (Lipinski definition) is 2. The normalized spacial score (nSPS) is 10.8. The number of H-pyrrole nitrogens is 1. The second-order valence-electron chi connectivity index (χ2n) is 7.68. The molecule has 5 aromatic rings. The van der Waals surface area contributed by atoms with Gasteiger partial charge in [0.15, 0.2) is 11.6 Å². The molecule has 5 rings (SSSR count). The number of nitrogens with one attached hydrogen (secondary N) is 2. The number of aromatic amines is 1. The van der Waals surface area contributed by atoms with E-state index >= 15 is 0 Å². The van der Waals surface area contributed by atoms with Crippen LogP contribution in [0.5, 0.6) is 0 Å². The number of anilines is 1. The summed E-state index contributed by atoms with van der Waals surface area (Å²) in [5.74, 6) is 1.77. The molecule has 2 N–H and O–H groups in total. The number of aryl methyl sites for hydroxylation is 1. The first kappa shape index (κ1) is 20.4. The molecule has 0 spiro atoms. The van der Waals surface area contributed by atoms with Gasteiger partial charge in [-0.05, 0) is 44.2 Å². The number of amides is 1. The molecule has 162 valence electrons. The van der Waals surface area contributed by atoms with Gasteiger partial charge in [0.05, 0.1) is 11.3 Å². The highest BCUT2D eigenvalue weighted by atomic mass is 16.1. The Morgan fingerprint density at radius 2 is 1.70 bits per heavy atom. The van der Waals surface area contributed by atoms with Gasteiger partial charge in [-0.25, -0.2) is 9.97 Å². The molecule has 33 heavy (non-hydrogen) atoms. The van der Waals surface area contributed by atoms with Gasteiger partial charge >= 0.3 is 0 Å². The Kier molecular flexibility index (Phi) is 5.28. The Morgan fingerprint density at radius 1 is 0.939 bits per heavy atom. The lowest BCUT2D eigenvalue weighted by Crippen LogP contribution is -2.14. The van der Waals surface area contributed by atoms with Crippen LogP contribution in [0.2, 0.25) is 0 Å².